The molecule has 1 aliphatic carbocycles. The van der Waals surface area contributed by atoms with E-state index in [0.717, 1.165) is 38.8 Å². The first-order valence-corrected chi connectivity index (χ1v) is 7.92. The molecule has 2 atom stereocenters. The van der Waals surface area contributed by atoms with Crippen molar-refractivity contribution in [3.05, 3.63) is 0 Å². The van der Waals surface area contributed by atoms with Gasteiger partial charge in [-0.15, -0.1) is 0 Å². The third kappa shape index (κ3) is 4.44. The second-order valence-corrected chi connectivity index (χ2v) is 7.06. The predicted molar refractivity (Wildman–Crippen MR) is 82.3 cm³/mol. The van der Waals surface area contributed by atoms with Gasteiger partial charge in [-0.2, -0.15) is 0 Å². The van der Waals surface area contributed by atoms with Gasteiger partial charge in [-0.3, -0.25) is 4.90 Å². The van der Waals surface area contributed by atoms with Crippen molar-refractivity contribution in [2.24, 2.45) is 17.1 Å². The van der Waals surface area contributed by atoms with Gasteiger partial charge in [-0.05, 0) is 44.1 Å². The first-order valence-electron chi connectivity index (χ1n) is 7.92. The van der Waals surface area contributed by atoms with Crippen molar-refractivity contribution in [2.45, 2.75) is 59.4 Å². The molecule has 1 saturated carbocycles. The summed E-state index contributed by atoms with van der Waals surface area (Å²) >= 11 is 0. The van der Waals surface area contributed by atoms with Crippen molar-refractivity contribution in [3.8, 4) is 0 Å². The number of likely N-dealkylation sites (N-methyl/N-ethyl adjacent to an activating group) is 1. The molecule has 114 valence electrons. The summed E-state index contributed by atoms with van der Waals surface area (Å²) in [5.41, 5.74) is 6.79. The van der Waals surface area contributed by atoms with Gasteiger partial charge in [0.2, 0.25) is 0 Å². The molecule has 1 aliphatic rings. The summed E-state index contributed by atoms with van der Waals surface area (Å²) in [7, 11) is 0. The minimum atomic E-state index is 0.174. The molecular weight excluding hydrogens is 236 g/mol. The number of nitrogens with zero attached hydrogens (tertiary/aromatic N) is 1. The molecule has 1 fully saturated rings. The fourth-order valence-corrected chi connectivity index (χ4v) is 4.27. The van der Waals surface area contributed by atoms with Gasteiger partial charge in [0.1, 0.15) is 0 Å². The Bertz CT molecular complexity index is 267. The fourth-order valence-electron chi connectivity index (χ4n) is 4.27. The predicted octanol–water partition coefficient (Wildman–Crippen LogP) is 2.89. The summed E-state index contributed by atoms with van der Waals surface area (Å²) in [6.07, 6.45) is 3.76. The number of rotatable bonds is 7. The third-order valence-electron chi connectivity index (χ3n) is 4.58. The topological polar surface area (TPSA) is 38.5 Å². The third-order valence-corrected chi connectivity index (χ3v) is 4.58. The monoisotopic (exact) mass is 270 g/mol. The van der Waals surface area contributed by atoms with Gasteiger partial charge < -0.3 is 10.5 Å². The quantitative estimate of drug-likeness (QED) is 0.723. The van der Waals surface area contributed by atoms with E-state index in [1.165, 1.54) is 19.3 Å². The Hall–Kier alpha value is -0.120. The van der Waals surface area contributed by atoms with Crippen molar-refractivity contribution < 1.29 is 4.74 Å². The maximum absolute atomic E-state index is 6.22. The molecule has 3 nitrogen and oxygen atoms in total. The lowest BCUT2D eigenvalue weighted by Gasteiger charge is -2.53. The molecule has 19 heavy (non-hydrogen) atoms. The SMILES string of the molecule is CCOCCN(CC)C1(CN)CC(C)CC(C)(C)C1. The van der Waals surface area contributed by atoms with E-state index < -0.39 is 0 Å². The highest BCUT2D eigenvalue weighted by atomic mass is 16.5. The Balaban J connectivity index is 2.80. The number of hydrogen-bond donors (Lipinski definition) is 1. The lowest BCUT2D eigenvalue weighted by Crippen LogP contribution is -2.59. The maximum Gasteiger partial charge on any atom is 0.0593 e. The summed E-state index contributed by atoms with van der Waals surface area (Å²) < 4.78 is 5.54. The van der Waals surface area contributed by atoms with Crippen molar-refractivity contribution >= 4 is 0 Å². The smallest absolute Gasteiger partial charge is 0.0593 e. The van der Waals surface area contributed by atoms with Crippen LogP contribution in [0.25, 0.3) is 0 Å². The molecule has 1 rings (SSSR count). The zero-order chi connectivity index (χ0) is 14.5. The fraction of sp³-hybridized carbons (Fsp3) is 1.00. The zero-order valence-corrected chi connectivity index (χ0v) is 13.7. The van der Waals surface area contributed by atoms with Gasteiger partial charge >= 0.3 is 0 Å². The normalized spacial score (nSPS) is 30.8. The Kier molecular flexibility index (Phi) is 6.28. The van der Waals surface area contributed by atoms with Crippen LogP contribution >= 0.6 is 0 Å². The number of ether oxygens (including phenoxy) is 1. The lowest BCUT2D eigenvalue weighted by molar-refractivity contribution is -0.0225. The largest absolute Gasteiger partial charge is 0.380 e. The van der Waals surface area contributed by atoms with E-state index in [4.69, 9.17) is 10.5 Å². The second kappa shape index (κ2) is 7.05. The summed E-state index contributed by atoms with van der Waals surface area (Å²) in [6, 6.07) is 0. The minimum Gasteiger partial charge on any atom is -0.380 e. The summed E-state index contributed by atoms with van der Waals surface area (Å²) in [4.78, 5) is 2.57. The molecule has 0 radical (unpaired) electrons. The van der Waals surface area contributed by atoms with Crippen molar-refractivity contribution in [1.29, 1.82) is 0 Å². The first kappa shape index (κ1) is 16.9. The van der Waals surface area contributed by atoms with Crippen LogP contribution in [-0.2, 0) is 4.74 Å². The highest BCUT2D eigenvalue weighted by Gasteiger charge is 2.44. The van der Waals surface area contributed by atoms with Crippen LogP contribution < -0.4 is 5.73 Å². The molecular formula is C16H34N2O. The zero-order valence-electron chi connectivity index (χ0n) is 13.7. The molecule has 0 aliphatic heterocycles. The molecule has 0 bridgehead atoms. The van der Waals surface area contributed by atoms with E-state index in [2.05, 4.69) is 39.5 Å². The van der Waals surface area contributed by atoms with E-state index in [0.29, 0.717) is 5.41 Å². The van der Waals surface area contributed by atoms with Crippen LogP contribution in [0.15, 0.2) is 0 Å². The van der Waals surface area contributed by atoms with Crippen molar-refractivity contribution in [1.82, 2.24) is 4.90 Å². The molecule has 0 aromatic rings. The van der Waals surface area contributed by atoms with Gasteiger partial charge in [0.05, 0.1) is 6.61 Å². The second-order valence-electron chi connectivity index (χ2n) is 7.06. The summed E-state index contributed by atoms with van der Waals surface area (Å²) in [5.74, 6) is 0.758. The molecule has 0 saturated heterocycles. The van der Waals surface area contributed by atoms with E-state index in [9.17, 15) is 0 Å². The van der Waals surface area contributed by atoms with E-state index in [1.807, 2.05) is 0 Å². The van der Waals surface area contributed by atoms with E-state index in [-0.39, 0.29) is 5.54 Å². The number of nitrogens with two attached hydrogens (primary N) is 1. The summed E-state index contributed by atoms with van der Waals surface area (Å²) in [5, 5.41) is 0. The molecule has 0 aromatic carbocycles. The van der Waals surface area contributed by atoms with Crippen molar-refractivity contribution in [3.63, 3.8) is 0 Å². The Morgan fingerprint density at radius 2 is 1.95 bits per heavy atom. The van der Waals surface area contributed by atoms with Crippen LogP contribution in [-0.4, -0.2) is 43.3 Å². The lowest BCUT2D eigenvalue weighted by atomic mass is 9.63. The van der Waals surface area contributed by atoms with Gasteiger partial charge in [-0.1, -0.05) is 27.7 Å². The number of hydrogen-bond acceptors (Lipinski definition) is 3. The van der Waals surface area contributed by atoms with Gasteiger partial charge in [-0.25, -0.2) is 0 Å². The molecule has 3 heteroatoms. The average Bonchev–Trinajstić information content (AvgIpc) is 2.32. The molecule has 0 aromatic heterocycles. The van der Waals surface area contributed by atoms with Crippen molar-refractivity contribution in [2.75, 3.05) is 32.8 Å². The molecule has 0 heterocycles. The Morgan fingerprint density at radius 3 is 2.42 bits per heavy atom. The van der Waals surface area contributed by atoms with E-state index >= 15 is 0 Å². The van der Waals surface area contributed by atoms with E-state index in [1.54, 1.807) is 0 Å². The van der Waals surface area contributed by atoms with Crippen LogP contribution in [0.2, 0.25) is 0 Å². The highest BCUT2D eigenvalue weighted by molar-refractivity contribution is 5.01. The highest BCUT2D eigenvalue weighted by Crippen LogP contribution is 2.46. The van der Waals surface area contributed by atoms with Gasteiger partial charge in [0.15, 0.2) is 0 Å². The molecule has 2 unspecified atom stereocenters. The van der Waals surface area contributed by atoms with Crippen LogP contribution in [0.4, 0.5) is 0 Å². The van der Waals surface area contributed by atoms with Crippen LogP contribution in [0.1, 0.15) is 53.9 Å². The first-order chi connectivity index (χ1) is 8.89. The van der Waals surface area contributed by atoms with Gasteiger partial charge in [0, 0.05) is 25.2 Å². The molecule has 2 N–H and O–H groups in total. The minimum absolute atomic E-state index is 0.174. The summed E-state index contributed by atoms with van der Waals surface area (Å²) in [6.45, 7) is 15.9. The molecule has 0 spiro atoms. The Morgan fingerprint density at radius 1 is 1.26 bits per heavy atom. The van der Waals surface area contributed by atoms with Crippen LogP contribution in [0.5, 0.6) is 0 Å². The Labute approximate surface area is 119 Å². The average molecular weight is 270 g/mol. The van der Waals surface area contributed by atoms with Crippen LogP contribution in [0, 0.1) is 11.3 Å². The standard InChI is InChI=1S/C16H34N2O/c1-6-18(8-9-19-7-2)16(13-17)11-14(3)10-15(4,5)12-16/h14H,6-13,17H2,1-5H3. The molecule has 0 amide bonds. The maximum atomic E-state index is 6.22. The van der Waals surface area contributed by atoms with Gasteiger partial charge in [0.25, 0.3) is 0 Å². The van der Waals surface area contributed by atoms with Crippen LogP contribution in [0.3, 0.4) is 0 Å².